The number of sulfone groups is 1. The second-order valence-corrected chi connectivity index (χ2v) is 10.8. The van der Waals surface area contributed by atoms with Crippen molar-refractivity contribution in [1.29, 1.82) is 0 Å². The van der Waals surface area contributed by atoms with E-state index < -0.39 is 27.5 Å². The standard InChI is InChI=1S/C20H20ClF3N2O4S2/c1-19(28,20(22,23)24)18(27)25-17-7-6-15(12-16(17)21)32(29,30)14-4-2-13(3-5-14)26-8-10-31-11-9-26/h2-7,12,28H,8-11H2,1H3,(H,25,27). The lowest BCUT2D eigenvalue weighted by Gasteiger charge is -2.28. The minimum Gasteiger partial charge on any atom is -0.373 e. The molecule has 3 rings (SSSR count). The van der Waals surface area contributed by atoms with Crippen LogP contribution in [0.25, 0.3) is 0 Å². The van der Waals surface area contributed by atoms with Gasteiger partial charge in [-0.15, -0.1) is 0 Å². The van der Waals surface area contributed by atoms with E-state index in [0.717, 1.165) is 48.5 Å². The van der Waals surface area contributed by atoms with Gasteiger partial charge in [-0.3, -0.25) is 4.79 Å². The molecule has 1 aliphatic heterocycles. The molecule has 0 spiro atoms. The Hall–Kier alpha value is -1.95. The van der Waals surface area contributed by atoms with Crippen LogP contribution in [0.5, 0.6) is 0 Å². The van der Waals surface area contributed by atoms with Gasteiger partial charge in [-0.05, 0) is 49.4 Å². The Labute approximate surface area is 192 Å². The van der Waals surface area contributed by atoms with E-state index in [-0.39, 0.29) is 20.5 Å². The fourth-order valence-corrected chi connectivity index (χ4v) is 5.41. The highest BCUT2D eigenvalue weighted by molar-refractivity contribution is 7.99. The number of halogens is 4. The minimum absolute atomic E-state index is 0.0282. The average Bonchev–Trinajstić information content (AvgIpc) is 2.75. The van der Waals surface area contributed by atoms with Crippen LogP contribution in [0.4, 0.5) is 24.5 Å². The lowest BCUT2D eigenvalue weighted by atomic mass is 10.1. The molecule has 1 heterocycles. The number of rotatable bonds is 5. The predicted octanol–water partition coefficient (Wildman–Crippen LogP) is 3.98. The number of nitrogens with one attached hydrogen (secondary N) is 1. The number of nitrogens with zero attached hydrogens (tertiary/aromatic N) is 1. The van der Waals surface area contributed by atoms with Crippen molar-refractivity contribution in [1.82, 2.24) is 0 Å². The van der Waals surface area contributed by atoms with Crippen LogP contribution < -0.4 is 10.2 Å². The Bertz CT molecular complexity index is 1100. The molecule has 0 radical (unpaired) electrons. The highest BCUT2D eigenvalue weighted by Gasteiger charge is 2.55. The fourth-order valence-electron chi connectivity index (χ4n) is 2.93. The van der Waals surface area contributed by atoms with Crippen LogP contribution in [0.2, 0.25) is 5.02 Å². The highest BCUT2D eigenvalue weighted by Crippen LogP contribution is 2.34. The summed E-state index contributed by atoms with van der Waals surface area (Å²) in [6.07, 6.45) is -5.20. The van der Waals surface area contributed by atoms with Crippen LogP contribution >= 0.6 is 23.4 Å². The topological polar surface area (TPSA) is 86.7 Å². The zero-order valence-electron chi connectivity index (χ0n) is 16.8. The Morgan fingerprint density at radius 2 is 1.66 bits per heavy atom. The first-order valence-corrected chi connectivity index (χ1v) is 12.4. The summed E-state index contributed by atoms with van der Waals surface area (Å²) in [7, 11) is -3.96. The van der Waals surface area contributed by atoms with E-state index in [0.29, 0.717) is 6.92 Å². The molecule has 1 unspecified atom stereocenters. The van der Waals surface area contributed by atoms with Crippen LogP contribution in [0.3, 0.4) is 0 Å². The Morgan fingerprint density at radius 1 is 1.09 bits per heavy atom. The number of carbonyl (C=O) groups excluding carboxylic acids is 1. The molecule has 1 saturated heterocycles. The number of carbonyl (C=O) groups is 1. The largest absolute Gasteiger partial charge is 0.426 e. The smallest absolute Gasteiger partial charge is 0.373 e. The summed E-state index contributed by atoms with van der Waals surface area (Å²) in [6.45, 7) is 2.06. The molecule has 1 atom stereocenters. The van der Waals surface area contributed by atoms with Crippen LogP contribution in [-0.2, 0) is 14.6 Å². The number of hydrogen-bond acceptors (Lipinski definition) is 6. The van der Waals surface area contributed by atoms with Crippen molar-refractivity contribution in [2.45, 2.75) is 28.5 Å². The zero-order valence-corrected chi connectivity index (χ0v) is 19.2. The van der Waals surface area contributed by atoms with Gasteiger partial charge >= 0.3 is 6.18 Å². The third-order valence-electron chi connectivity index (χ3n) is 5.02. The normalized spacial score (nSPS) is 17.0. The van der Waals surface area contributed by atoms with Crippen molar-refractivity contribution in [3.8, 4) is 0 Å². The number of thioether (sulfide) groups is 1. The van der Waals surface area contributed by atoms with Crippen molar-refractivity contribution < 1.29 is 31.5 Å². The SMILES string of the molecule is CC(O)(C(=O)Nc1ccc(S(=O)(=O)c2ccc(N3CCSCC3)cc2)cc1Cl)C(F)(F)F. The summed E-state index contributed by atoms with van der Waals surface area (Å²) in [5, 5.41) is 11.0. The molecule has 0 saturated carbocycles. The van der Waals surface area contributed by atoms with Crippen molar-refractivity contribution in [2.75, 3.05) is 34.8 Å². The summed E-state index contributed by atoms with van der Waals surface area (Å²) in [4.78, 5) is 13.8. The molecule has 6 nitrogen and oxygen atoms in total. The van der Waals surface area contributed by atoms with Crippen LogP contribution in [0, 0.1) is 0 Å². The number of anilines is 2. The summed E-state index contributed by atoms with van der Waals surface area (Å²) in [5.74, 6) is 0.258. The quantitative estimate of drug-likeness (QED) is 0.635. The van der Waals surface area contributed by atoms with E-state index in [2.05, 4.69) is 4.90 Å². The Balaban J connectivity index is 1.81. The molecule has 2 aromatic carbocycles. The molecule has 12 heteroatoms. The third-order valence-corrected chi connectivity index (χ3v) is 8.04. The van der Waals surface area contributed by atoms with Crippen LogP contribution in [0.1, 0.15) is 6.92 Å². The maximum absolute atomic E-state index is 12.9. The molecule has 2 aromatic rings. The van der Waals surface area contributed by atoms with E-state index >= 15 is 0 Å². The van der Waals surface area contributed by atoms with Gasteiger partial charge in [0.1, 0.15) is 0 Å². The summed E-state index contributed by atoms with van der Waals surface area (Å²) in [5.41, 5.74) is -2.99. The highest BCUT2D eigenvalue weighted by atomic mass is 35.5. The first-order chi connectivity index (χ1) is 14.8. The molecule has 1 aliphatic rings. The second kappa shape index (κ2) is 9.12. The number of hydrogen-bond donors (Lipinski definition) is 2. The number of alkyl halides is 3. The summed E-state index contributed by atoms with van der Waals surface area (Å²) in [6, 6.07) is 9.63. The zero-order chi connectivity index (χ0) is 23.7. The molecule has 1 fully saturated rings. The second-order valence-electron chi connectivity index (χ2n) is 7.26. The minimum atomic E-state index is -5.20. The molecular weight excluding hydrogens is 489 g/mol. The van der Waals surface area contributed by atoms with Crippen molar-refractivity contribution in [3.63, 3.8) is 0 Å². The maximum atomic E-state index is 12.9. The van der Waals surface area contributed by atoms with Gasteiger partial charge < -0.3 is 15.3 Å². The van der Waals surface area contributed by atoms with Crippen molar-refractivity contribution in [2.24, 2.45) is 0 Å². The van der Waals surface area contributed by atoms with Gasteiger partial charge in [0.05, 0.1) is 20.5 Å². The average molecular weight is 509 g/mol. The lowest BCUT2D eigenvalue weighted by Crippen LogP contribution is -2.52. The maximum Gasteiger partial charge on any atom is 0.426 e. The predicted molar refractivity (Wildman–Crippen MR) is 118 cm³/mol. The van der Waals surface area contributed by atoms with E-state index in [1.54, 1.807) is 12.1 Å². The van der Waals surface area contributed by atoms with E-state index in [9.17, 15) is 31.5 Å². The molecule has 0 bridgehead atoms. The molecule has 174 valence electrons. The molecule has 0 aliphatic carbocycles. The van der Waals surface area contributed by atoms with Crippen LogP contribution in [0.15, 0.2) is 52.3 Å². The first kappa shape index (κ1) is 24.7. The molecular formula is C20H20ClF3N2O4S2. The molecule has 32 heavy (non-hydrogen) atoms. The van der Waals surface area contributed by atoms with Gasteiger partial charge in [0.25, 0.3) is 5.91 Å². The Kier molecular flexibility index (Phi) is 7.04. The van der Waals surface area contributed by atoms with Gasteiger partial charge in [-0.2, -0.15) is 24.9 Å². The van der Waals surface area contributed by atoms with E-state index in [4.69, 9.17) is 11.6 Å². The van der Waals surface area contributed by atoms with Gasteiger partial charge in [0.2, 0.25) is 15.4 Å². The van der Waals surface area contributed by atoms with Crippen molar-refractivity contribution >= 4 is 50.5 Å². The summed E-state index contributed by atoms with van der Waals surface area (Å²) >= 11 is 7.87. The van der Waals surface area contributed by atoms with Gasteiger partial charge in [0.15, 0.2) is 0 Å². The number of aliphatic hydroxyl groups is 1. The van der Waals surface area contributed by atoms with Gasteiger partial charge in [-0.25, -0.2) is 8.42 Å². The lowest BCUT2D eigenvalue weighted by molar-refractivity contribution is -0.242. The van der Waals surface area contributed by atoms with Gasteiger partial charge in [0, 0.05) is 30.3 Å². The molecule has 2 N–H and O–H groups in total. The monoisotopic (exact) mass is 508 g/mol. The van der Waals surface area contributed by atoms with E-state index in [1.807, 2.05) is 17.1 Å². The molecule has 1 amide bonds. The molecule has 0 aromatic heterocycles. The third kappa shape index (κ3) is 5.00. The summed E-state index contributed by atoms with van der Waals surface area (Å²) < 4.78 is 64.3. The first-order valence-electron chi connectivity index (χ1n) is 9.42. The Morgan fingerprint density at radius 3 is 2.19 bits per heavy atom. The van der Waals surface area contributed by atoms with Crippen LogP contribution in [-0.4, -0.2) is 55.8 Å². The fraction of sp³-hybridized carbons (Fsp3) is 0.350. The number of amides is 1. The van der Waals surface area contributed by atoms with E-state index in [1.165, 1.54) is 12.1 Å². The number of benzene rings is 2. The van der Waals surface area contributed by atoms with Gasteiger partial charge in [-0.1, -0.05) is 11.6 Å². The van der Waals surface area contributed by atoms with Crippen molar-refractivity contribution in [3.05, 3.63) is 47.5 Å².